The summed E-state index contributed by atoms with van der Waals surface area (Å²) in [5.74, 6) is 0.126. The SMILES string of the molecule is CCCCNC(N)=NCc1cc(F)cc(Br)c1. The summed E-state index contributed by atoms with van der Waals surface area (Å²) < 4.78 is 13.8. The lowest BCUT2D eigenvalue weighted by molar-refractivity contribution is 0.624. The molecule has 0 bridgehead atoms. The molecule has 0 aliphatic rings. The molecule has 17 heavy (non-hydrogen) atoms. The van der Waals surface area contributed by atoms with Crippen LogP contribution < -0.4 is 11.1 Å². The Bertz CT molecular complexity index is 373. The van der Waals surface area contributed by atoms with E-state index in [0.29, 0.717) is 17.0 Å². The molecule has 0 aromatic heterocycles. The molecule has 3 N–H and O–H groups in total. The van der Waals surface area contributed by atoms with Crippen LogP contribution in [0.4, 0.5) is 4.39 Å². The van der Waals surface area contributed by atoms with Gasteiger partial charge in [-0.1, -0.05) is 29.3 Å². The number of nitrogens with zero attached hydrogens (tertiary/aromatic N) is 1. The molecule has 0 amide bonds. The largest absolute Gasteiger partial charge is 0.370 e. The maximum atomic E-state index is 13.1. The van der Waals surface area contributed by atoms with Crippen molar-refractivity contribution in [3.05, 3.63) is 34.1 Å². The first-order valence-corrected chi connectivity index (χ1v) is 6.40. The van der Waals surface area contributed by atoms with E-state index in [1.165, 1.54) is 12.1 Å². The van der Waals surface area contributed by atoms with E-state index in [1.54, 1.807) is 0 Å². The van der Waals surface area contributed by atoms with Crippen LogP contribution in [0, 0.1) is 5.82 Å². The molecule has 94 valence electrons. The predicted octanol–water partition coefficient (Wildman–Crippen LogP) is 2.79. The molecule has 0 fully saturated rings. The molecule has 0 spiro atoms. The van der Waals surface area contributed by atoms with E-state index in [4.69, 9.17) is 5.73 Å². The van der Waals surface area contributed by atoms with Crippen molar-refractivity contribution in [2.75, 3.05) is 6.54 Å². The summed E-state index contributed by atoms with van der Waals surface area (Å²) in [6.45, 7) is 3.30. The number of rotatable bonds is 5. The Hall–Kier alpha value is -1.10. The summed E-state index contributed by atoms with van der Waals surface area (Å²) in [6, 6.07) is 4.69. The zero-order valence-electron chi connectivity index (χ0n) is 9.84. The van der Waals surface area contributed by atoms with E-state index < -0.39 is 0 Å². The smallest absolute Gasteiger partial charge is 0.188 e. The van der Waals surface area contributed by atoms with Crippen molar-refractivity contribution in [3.63, 3.8) is 0 Å². The normalized spacial score (nSPS) is 11.6. The fourth-order valence-electron chi connectivity index (χ4n) is 1.33. The molecule has 0 atom stereocenters. The van der Waals surface area contributed by atoms with Crippen LogP contribution in [0.25, 0.3) is 0 Å². The van der Waals surface area contributed by atoms with Crippen molar-refractivity contribution in [3.8, 4) is 0 Å². The summed E-state index contributed by atoms with van der Waals surface area (Å²) in [4.78, 5) is 4.14. The van der Waals surface area contributed by atoms with Gasteiger partial charge in [0, 0.05) is 11.0 Å². The summed E-state index contributed by atoms with van der Waals surface area (Å²) in [5, 5.41) is 3.01. The first-order valence-electron chi connectivity index (χ1n) is 5.60. The van der Waals surface area contributed by atoms with Crippen LogP contribution in [0.2, 0.25) is 0 Å². The molecule has 0 heterocycles. The Balaban J connectivity index is 2.50. The number of halogens is 2. The fourth-order valence-corrected chi connectivity index (χ4v) is 1.84. The van der Waals surface area contributed by atoms with E-state index in [9.17, 15) is 4.39 Å². The summed E-state index contributed by atoms with van der Waals surface area (Å²) in [6.07, 6.45) is 2.17. The number of hydrogen-bond acceptors (Lipinski definition) is 1. The summed E-state index contributed by atoms with van der Waals surface area (Å²) in [5.41, 5.74) is 6.46. The van der Waals surface area contributed by atoms with Gasteiger partial charge in [0.1, 0.15) is 5.82 Å². The minimum absolute atomic E-state index is 0.276. The van der Waals surface area contributed by atoms with Gasteiger partial charge in [-0.05, 0) is 30.2 Å². The van der Waals surface area contributed by atoms with E-state index >= 15 is 0 Å². The van der Waals surface area contributed by atoms with Crippen LogP contribution in [-0.2, 0) is 6.54 Å². The third-order valence-corrected chi connectivity index (χ3v) is 2.65. The molecule has 0 aliphatic carbocycles. The van der Waals surface area contributed by atoms with Crippen LogP contribution in [0.1, 0.15) is 25.3 Å². The highest BCUT2D eigenvalue weighted by atomic mass is 79.9. The van der Waals surface area contributed by atoms with Gasteiger partial charge in [-0.25, -0.2) is 9.38 Å². The molecule has 0 unspecified atom stereocenters. The number of aliphatic imine (C=N–C) groups is 1. The molecule has 0 saturated heterocycles. The van der Waals surface area contributed by atoms with Crippen molar-refractivity contribution in [1.29, 1.82) is 0 Å². The van der Waals surface area contributed by atoms with Gasteiger partial charge in [0.05, 0.1) is 6.54 Å². The van der Waals surface area contributed by atoms with Gasteiger partial charge >= 0.3 is 0 Å². The number of unbranched alkanes of at least 4 members (excludes halogenated alkanes) is 1. The third-order valence-electron chi connectivity index (χ3n) is 2.19. The highest BCUT2D eigenvalue weighted by Crippen LogP contribution is 2.15. The Labute approximate surface area is 109 Å². The van der Waals surface area contributed by atoms with Gasteiger partial charge < -0.3 is 11.1 Å². The lowest BCUT2D eigenvalue weighted by Gasteiger charge is -2.04. The molecule has 1 rings (SSSR count). The maximum Gasteiger partial charge on any atom is 0.188 e. The highest BCUT2D eigenvalue weighted by molar-refractivity contribution is 9.10. The van der Waals surface area contributed by atoms with Crippen molar-refractivity contribution < 1.29 is 4.39 Å². The van der Waals surface area contributed by atoms with Crippen LogP contribution in [0.5, 0.6) is 0 Å². The Kier molecular flexibility index (Phi) is 5.97. The fraction of sp³-hybridized carbons (Fsp3) is 0.417. The number of benzene rings is 1. The molecular weight excluding hydrogens is 285 g/mol. The van der Waals surface area contributed by atoms with E-state index in [1.807, 2.05) is 6.07 Å². The third kappa shape index (κ3) is 5.68. The van der Waals surface area contributed by atoms with Crippen molar-refractivity contribution >= 4 is 21.9 Å². The molecule has 0 radical (unpaired) electrons. The number of guanidine groups is 1. The monoisotopic (exact) mass is 301 g/mol. The number of hydrogen-bond donors (Lipinski definition) is 2. The highest BCUT2D eigenvalue weighted by Gasteiger charge is 1.98. The molecule has 0 saturated carbocycles. The molecule has 3 nitrogen and oxygen atoms in total. The van der Waals surface area contributed by atoms with Crippen LogP contribution >= 0.6 is 15.9 Å². The van der Waals surface area contributed by atoms with Crippen LogP contribution in [0.3, 0.4) is 0 Å². The molecule has 1 aromatic rings. The second-order valence-corrected chi connectivity index (χ2v) is 4.68. The average molecular weight is 302 g/mol. The van der Waals surface area contributed by atoms with Crippen LogP contribution in [0.15, 0.2) is 27.7 Å². The second-order valence-electron chi connectivity index (χ2n) is 3.76. The predicted molar refractivity (Wildman–Crippen MR) is 72.3 cm³/mol. The van der Waals surface area contributed by atoms with Crippen molar-refractivity contribution in [2.45, 2.75) is 26.3 Å². The van der Waals surface area contributed by atoms with Gasteiger partial charge in [0.2, 0.25) is 0 Å². The van der Waals surface area contributed by atoms with Gasteiger partial charge in [-0.3, -0.25) is 0 Å². The first-order chi connectivity index (χ1) is 8.11. The maximum absolute atomic E-state index is 13.1. The average Bonchev–Trinajstić information content (AvgIpc) is 2.25. The topological polar surface area (TPSA) is 50.4 Å². The Morgan fingerprint density at radius 3 is 2.88 bits per heavy atom. The second kappa shape index (κ2) is 7.27. The van der Waals surface area contributed by atoms with Gasteiger partial charge in [-0.2, -0.15) is 0 Å². The first kappa shape index (κ1) is 14.0. The van der Waals surface area contributed by atoms with Gasteiger partial charge in [0.25, 0.3) is 0 Å². The Morgan fingerprint density at radius 1 is 1.47 bits per heavy atom. The zero-order valence-corrected chi connectivity index (χ0v) is 11.4. The minimum atomic E-state index is -0.276. The standard InChI is InChI=1S/C12H17BrFN3/c1-2-3-4-16-12(15)17-8-9-5-10(13)7-11(14)6-9/h5-7H,2-4,8H2,1H3,(H3,15,16,17). The molecule has 5 heteroatoms. The summed E-state index contributed by atoms with van der Waals surface area (Å²) in [7, 11) is 0. The lowest BCUT2D eigenvalue weighted by atomic mass is 10.2. The Morgan fingerprint density at radius 2 is 2.24 bits per heavy atom. The molecule has 0 aliphatic heterocycles. The van der Waals surface area contributed by atoms with Gasteiger partial charge in [0.15, 0.2) is 5.96 Å². The van der Waals surface area contributed by atoms with Gasteiger partial charge in [-0.15, -0.1) is 0 Å². The minimum Gasteiger partial charge on any atom is -0.370 e. The summed E-state index contributed by atoms with van der Waals surface area (Å²) >= 11 is 3.24. The zero-order chi connectivity index (χ0) is 12.7. The van der Waals surface area contributed by atoms with E-state index in [2.05, 4.69) is 33.2 Å². The number of nitrogens with two attached hydrogens (primary N) is 1. The lowest BCUT2D eigenvalue weighted by Crippen LogP contribution is -2.32. The number of nitrogens with one attached hydrogen (secondary N) is 1. The quantitative estimate of drug-likeness (QED) is 0.499. The van der Waals surface area contributed by atoms with E-state index in [-0.39, 0.29) is 5.82 Å². The molecule has 1 aromatic carbocycles. The van der Waals surface area contributed by atoms with Crippen molar-refractivity contribution in [2.24, 2.45) is 10.7 Å². The van der Waals surface area contributed by atoms with Crippen molar-refractivity contribution in [1.82, 2.24) is 5.32 Å². The van der Waals surface area contributed by atoms with Crippen LogP contribution in [-0.4, -0.2) is 12.5 Å². The van der Waals surface area contributed by atoms with E-state index in [0.717, 1.165) is 24.9 Å². The molecular formula is C12H17BrFN3.